The maximum absolute atomic E-state index is 13.4. The Morgan fingerprint density at radius 1 is 1.13 bits per heavy atom. The molecule has 2 heterocycles. The lowest BCUT2D eigenvalue weighted by atomic mass is 10.1. The normalized spacial score (nSPS) is 11.3. The van der Waals surface area contributed by atoms with Crippen LogP contribution in [0.5, 0.6) is 0 Å². The molecule has 8 heteroatoms. The van der Waals surface area contributed by atoms with Crippen LogP contribution in [0.3, 0.4) is 0 Å². The topological polar surface area (TPSA) is 77.3 Å². The highest BCUT2D eigenvalue weighted by Crippen LogP contribution is 2.26. The molecule has 3 aromatic rings. The minimum Gasteiger partial charge on any atom is -0.443 e. The van der Waals surface area contributed by atoms with Gasteiger partial charge in [-0.05, 0) is 50.6 Å². The Morgan fingerprint density at radius 3 is 2.42 bits per heavy atom. The Morgan fingerprint density at radius 2 is 1.84 bits per heavy atom. The zero-order chi connectivity index (χ0) is 22.6. The predicted octanol–water partition coefficient (Wildman–Crippen LogP) is 4.94. The zero-order valence-corrected chi connectivity index (χ0v) is 18.0. The average Bonchev–Trinajstić information content (AvgIpc) is 3.17. The number of amides is 1. The molecule has 7 nitrogen and oxygen atoms in total. The highest BCUT2D eigenvalue weighted by Gasteiger charge is 2.29. The summed E-state index contributed by atoms with van der Waals surface area (Å²) in [6, 6.07) is 11.1. The SMILES string of the molecule is CCC(=O)c1cn(-c2ccccn2)nc1N(Cc1ccc(F)cc1)C(=O)OC(C)(C)C. The minimum absolute atomic E-state index is 0.0540. The Balaban J connectivity index is 2.09. The molecule has 3 rings (SSSR count). The van der Waals surface area contributed by atoms with E-state index in [-0.39, 0.29) is 35.9 Å². The molecule has 0 radical (unpaired) electrons. The summed E-state index contributed by atoms with van der Waals surface area (Å²) in [6.07, 6.45) is 2.75. The van der Waals surface area contributed by atoms with Crippen molar-refractivity contribution >= 4 is 17.7 Å². The summed E-state index contributed by atoms with van der Waals surface area (Å²) >= 11 is 0. The molecule has 0 fully saturated rings. The van der Waals surface area contributed by atoms with Crippen LogP contribution in [-0.2, 0) is 11.3 Å². The van der Waals surface area contributed by atoms with Gasteiger partial charge in [-0.3, -0.25) is 9.69 Å². The predicted molar refractivity (Wildman–Crippen MR) is 115 cm³/mol. The number of nitrogens with zero attached hydrogens (tertiary/aromatic N) is 4. The van der Waals surface area contributed by atoms with Gasteiger partial charge in [0, 0.05) is 18.8 Å². The molecule has 2 aromatic heterocycles. The van der Waals surface area contributed by atoms with Crippen LogP contribution in [0.25, 0.3) is 5.82 Å². The summed E-state index contributed by atoms with van der Waals surface area (Å²) in [4.78, 5) is 31.3. The Labute approximate surface area is 180 Å². The summed E-state index contributed by atoms with van der Waals surface area (Å²) in [5, 5.41) is 4.50. The van der Waals surface area contributed by atoms with Crippen LogP contribution in [0.4, 0.5) is 15.0 Å². The molecule has 0 unspecified atom stereocenters. The van der Waals surface area contributed by atoms with Crippen molar-refractivity contribution in [3.8, 4) is 5.82 Å². The van der Waals surface area contributed by atoms with Gasteiger partial charge < -0.3 is 4.74 Å². The van der Waals surface area contributed by atoms with Crippen molar-refractivity contribution in [2.75, 3.05) is 4.90 Å². The second kappa shape index (κ2) is 9.07. The van der Waals surface area contributed by atoms with Gasteiger partial charge in [0.15, 0.2) is 17.4 Å². The molecule has 0 aliphatic heterocycles. The summed E-state index contributed by atoms with van der Waals surface area (Å²) in [6.45, 7) is 7.06. The first-order valence-corrected chi connectivity index (χ1v) is 9.97. The van der Waals surface area contributed by atoms with Crippen LogP contribution < -0.4 is 4.90 Å². The van der Waals surface area contributed by atoms with Gasteiger partial charge in [-0.1, -0.05) is 25.1 Å². The molecular formula is C23H25FN4O3. The number of anilines is 1. The number of hydrogen-bond acceptors (Lipinski definition) is 5. The fraction of sp³-hybridized carbons (Fsp3) is 0.304. The number of benzene rings is 1. The first-order chi connectivity index (χ1) is 14.7. The van der Waals surface area contributed by atoms with Gasteiger partial charge in [0.05, 0.1) is 12.1 Å². The van der Waals surface area contributed by atoms with E-state index in [2.05, 4.69) is 10.1 Å². The van der Waals surface area contributed by atoms with Gasteiger partial charge in [-0.2, -0.15) is 0 Å². The van der Waals surface area contributed by atoms with E-state index < -0.39 is 11.7 Å². The van der Waals surface area contributed by atoms with Gasteiger partial charge in [-0.25, -0.2) is 18.9 Å². The molecule has 0 saturated heterocycles. The first-order valence-electron chi connectivity index (χ1n) is 9.97. The van der Waals surface area contributed by atoms with E-state index in [0.717, 1.165) is 0 Å². The summed E-state index contributed by atoms with van der Waals surface area (Å²) in [7, 11) is 0. The molecule has 0 atom stereocenters. The average molecular weight is 424 g/mol. The second-order valence-corrected chi connectivity index (χ2v) is 7.97. The molecule has 0 aliphatic rings. The van der Waals surface area contributed by atoms with E-state index in [1.807, 2.05) is 0 Å². The van der Waals surface area contributed by atoms with Gasteiger partial charge in [0.2, 0.25) is 0 Å². The number of hydrogen-bond donors (Lipinski definition) is 0. The zero-order valence-electron chi connectivity index (χ0n) is 18.0. The maximum Gasteiger partial charge on any atom is 0.416 e. The first kappa shape index (κ1) is 22.1. The Bertz CT molecular complexity index is 1060. The molecule has 162 valence electrons. The third-order valence-corrected chi connectivity index (χ3v) is 4.32. The summed E-state index contributed by atoms with van der Waals surface area (Å²) in [5.41, 5.74) is 0.187. The lowest BCUT2D eigenvalue weighted by Crippen LogP contribution is -2.37. The lowest BCUT2D eigenvalue weighted by Gasteiger charge is -2.26. The number of rotatable bonds is 6. The van der Waals surface area contributed by atoms with Crippen molar-refractivity contribution < 1.29 is 18.7 Å². The summed E-state index contributed by atoms with van der Waals surface area (Å²) < 4.78 is 20.4. The third kappa shape index (κ3) is 5.53. The van der Waals surface area contributed by atoms with Crippen molar-refractivity contribution in [3.05, 3.63) is 71.8 Å². The van der Waals surface area contributed by atoms with Crippen molar-refractivity contribution in [3.63, 3.8) is 0 Å². The molecule has 31 heavy (non-hydrogen) atoms. The number of carbonyl (C=O) groups excluding carboxylic acids is 2. The standard InChI is InChI=1S/C23H25FN4O3/c1-5-19(29)18-15-28(20-8-6-7-13-25-20)26-21(18)27(22(30)31-23(2,3)4)14-16-9-11-17(24)12-10-16/h6-13,15H,5,14H2,1-4H3. The number of Topliss-reactive ketones (excluding diaryl/α,β-unsaturated/α-hetero) is 1. The van der Waals surface area contributed by atoms with Crippen LogP contribution >= 0.6 is 0 Å². The Hall–Kier alpha value is -3.55. The van der Waals surface area contributed by atoms with Gasteiger partial charge >= 0.3 is 6.09 Å². The van der Waals surface area contributed by atoms with E-state index >= 15 is 0 Å². The van der Waals surface area contributed by atoms with Crippen molar-refractivity contribution in [2.45, 2.75) is 46.3 Å². The highest BCUT2D eigenvalue weighted by atomic mass is 19.1. The van der Waals surface area contributed by atoms with Crippen LogP contribution in [0.1, 0.15) is 50.0 Å². The molecule has 0 bridgehead atoms. The molecular weight excluding hydrogens is 399 g/mol. The van der Waals surface area contributed by atoms with Gasteiger partial charge in [-0.15, -0.1) is 5.10 Å². The minimum atomic E-state index is -0.753. The number of pyridine rings is 1. The Kier molecular flexibility index (Phi) is 6.48. The molecule has 0 spiro atoms. The number of ether oxygens (including phenoxy) is 1. The maximum atomic E-state index is 13.4. The van der Waals surface area contributed by atoms with Gasteiger partial charge in [0.1, 0.15) is 11.4 Å². The molecule has 1 aromatic carbocycles. The monoisotopic (exact) mass is 424 g/mol. The van der Waals surface area contributed by atoms with Crippen molar-refractivity contribution in [2.24, 2.45) is 0 Å². The molecule has 0 aliphatic carbocycles. The van der Waals surface area contributed by atoms with Crippen LogP contribution in [0, 0.1) is 5.82 Å². The number of halogens is 1. The number of aromatic nitrogens is 3. The van der Waals surface area contributed by atoms with E-state index in [9.17, 15) is 14.0 Å². The third-order valence-electron chi connectivity index (χ3n) is 4.32. The number of ketones is 1. The van der Waals surface area contributed by atoms with Crippen LogP contribution in [-0.4, -0.2) is 32.2 Å². The fourth-order valence-electron chi connectivity index (χ4n) is 2.87. The van der Waals surface area contributed by atoms with Crippen LogP contribution in [0.15, 0.2) is 54.9 Å². The lowest BCUT2D eigenvalue weighted by molar-refractivity contribution is 0.0576. The summed E-state index contributed by atoms with van der Waals surface area (Å²) in [5.74, 6) is 0.111. The second-order valence-electron chi connectivity index (χ2n) is 7.97. The van der Waals surface area contributed by atoms with E-state index in [4.69, 9.17) is 4.74 Å². The van der Waals surface area contributed by atoms with Crippen molar-refractivity contribution in [1.29, 1.82) is 0 Å². The van der Waals surface area contributed by atoms with E-state index in [1.54, 1.807) is 70.4 Å². The quantitative estimate of drug-likeness (QED) is 0.524. The molecule has 0 N–H and O–H groups in total. The van der Waals surface area contributed by atoms with Gasteiger partial charge in [0.25, 0.3) is 0 Å². The smallest absolute Gasteiger partial charge is 0.416 e. The van der Waals surface area contributed by atoms with Crippen molar-refractivity contribution in [1.82, 2.24) is 14.8 Å². The van der Waals surface area contributed by atoms with E-state index in [0.29, 0.717) is 11.4 Å². The highest BCUT2D eigenvalue weighted by molar-refractivity contribution is 6.03. The van der Waals surface area contributed by atoms with Crippen LogP contribution in [0.2, 0.25) is 0 Å². The van der Waals surface area contributed by atoms with E-state index in [1.165, 1.54) is 21.7 Å². The largest absolute Gasteiger partial charge is 0.443 e. The molecule has 0 saturated carbocycles. The fourth-order valence-corrected chi connectivity index (χ4v) is 2.87. The number of carbonyl (C=O) groups is 2. The molecule has 1 amide bonds.